The molecule has 1 fully saturated rings. The fraction of sp³-hybridized carbons (Fsp3) is 0.500. The van der Waals surface area contributed by atoms with Crippen LogP contribution in [-0.4, -0.2) is 37.3 Å². The second-order valence-corrected chi connectivity index (χ2v) is 4.15. The van der Waals surface area contributed by atoms with Crippen LogP contribution < -0.4 is 5.73 Å². The predicted octanol–water partition coefficient (Wildman–Crippen LogP) is 0.217. The van der Waals surface area contributed by atoms with E-state index in [1.54, 1.807) is 0 Å². The average molecular weight is 253 g/mol. The van der Waals surface area contributed by atoms with Gasteiger partial charge in [-0.05, 0) is 12.8 Å². The number of hydrogen-bond acceptors (Lipinski definition) is 6. The van der Waals surface area contributed by atoms with Gasteiger partial charge in [0.25, 0.3) is 6.08 Å². The molecule has 3 N–H and O–H groups in total. The van der Waals surface area contributed by atoms with Crippen molar-refractivity contribution in [1.82, 2.24) is 19.5 Å². The molecule has 3 rings (SSSR count). The minimum atomic E-state index is -0.708. The lowest BCUT2D eigenvalue weighted by atomic mass is 10.2. The van der Waals surface area contributed by atoms with Gasteiger partial charge < -0.3 is 15.6 Å². The number of nitrogens with zero attached hydrogens (tertiary/aromatic N) is 4. The topological polar surface area (TPSA) is 99.1 Å². The van der Waals surface area contributed by atoms with Crippen LogP contribution >= 0.6 is 0 Å². The van der Waals surface area contributed by atoms with Gasteiger partial charge in [0.05, 0.1) is 12.7 Å². The van der Waals surface area contributed by atoms with Crippen LogP contribution in [-0.2, 0) is 4.74 Å². The lowest BCUT2D eigenvalue weighted by Gasteiger charge is -2.14. The van der Waals surface area contributed by atoms with Gasteiger partial charge in [0.15, 0.2) is 17.0 Å². The zero-order chi connectivity index (χ0) is 12.7. The van der Waals surface area contributed by atoms with Crippen LogP contribution in [0.5, 0.6) is 0 Å². The molecule has 7 nitrogen and oxygen atoms in total. The number of nitrogen functional groups attached to an aromatic ring is 1. The molecule has 1 aliphatic rings. The zero-order valence-electron chi connectivity index (χ0n) is 9.45. The molecule has 18 heavy (non-hydrogen) atoms. The molecule has 96 valence electrons. The SMILES string of the molecule is Nc1ncnc2c1nc(F)n2C1CCC(CO)O1. The van der Waals surface area contributed by atoms with Gasteiger partial charge in [-0.3, -0.25) is 4.57 Å². The molecule has 1 aliphatic heterocycles. The van der Waals surface area contributed by atoms with Gasteiger partial charge in [0.2, 0.25) is 0 Å². The first kappa shape index (κ1) is 11.3. The van der Waals surface area contributed by atoms with Gasteiger partial charge in [0, 0.05) is 0 Å². The monoisotopic (exact) mass is 253 g/mol. The number of ether oxygens (including phenoxy) is 1. The summed E-state index contributed by atoms with van der Waals surface area (Å²) in [4.78, 5) is 11.5. The Hall–Kier alpha value is -1.80. The van der Waals surface area contributed by atoms with Crippen molar-refractivity contribution in [3.63, 3.8) is 0 Å². The molecule has 0 spiro atoms. The maximum Gasteiger partial charge on any atom is 0.293 e. The Labute approximate surface area is 101 Å². The fourth-order valence-electron chi connectivity index (χ4n) is 2.17. The van der Waals surface area contributed by atoms with Crippen LogP contribution in [0.15, 0.2) is 6.33 Å². The van der Waals surface area contributed by atoms with E-state index in [1.807, 2.05) is 0 Å². The number of fused-ring (bicyclic) bond motifs is 1. The molecule has 1 saturated heterocycles. The van der Waals surface area contributed by atoms with Crippen molar-refractivity contribution < 1.29 is 14.2 Å². The van der Waals surface area contributed by atoms with Crippen LogP contribution in [0, 0.1) is 6.08 Å². The van der Waals surface area contributed by atoms with E-state index in [1.165, 1.54) is 10.9 Å². The summed E-state index contributed by atoms with van der Waals surface area (Å²) in [6.07, 6.45) is 1.03. The first-order chi connectivity index (χ1) is 8.70. The Balaban J connectivity index is 2.07. The maximum atomic E-state index is 13.9. The number of hydrogen-bond donors (Lipinski definition) is 2. The number of rotatable bonds is 2. The molecule has 0 amide bonds. The predicted molar refractivity (Wildman–Crippen MR) is 59.9 cm³/mol. The van der Waals surface area contributed by atoms with Crippen molar-refractivity contribution in [2.75, 3.05) is 12.3 Å². The molecule has 0 aliphatic carbocycles. The third-order valence-corrected chi connectivity index (χ3v) is 3.04. The Morgan fingerprint density at radius 3 is 3.06 bits per heavy atom. The van der Waals surface area contributed by atoms with Crippen LogP contribution in [0.3, 0.4) is 0 Å². The Bertz CT molecular complexity index is 587. The number of nitrogens with two attached hydrogens (primary N) is 1. The number of aromatic nitrogens is 4. The van der Waals surface area contributed by atoms with E-state index in [2.05, 4.69) is 15.0 Å². The third kappa shape index (κ3) is 1.61. The second kappa shape index (κ2) is 4.14. The van der Waals surface area contributed by atoms with E-state index in [4.69, 9.17) is 15.6 Å². The highest BCUT2D eigenvalue weighted by Gasteiger charge is 2.30. The molecule has 0 bridgehead atoms. The molecular weight excluding hydrogens is 241 g/mol. The molecule has 0 saturated carbocycles. The van der Waals surface area contributed by atoms with Crippen LogP contribution in [0.25, 0.3) is 11.2 Å². The maximum absolute atomic E-state index is 13.9. The van der Waals surface area contributed by atoms with E-state index >= 15 is 0 Å². The van der Waals surface area contributed by atoms with Crippen molar-refractivity contribution in [3.8, 4) is 0 Å². The van der Waals surface area contributed by atoms with E-state index in [-0.39, 0.29) is 24.0 Å². The molecule has 0 aromatic carbocycles. The lowest BCUT2D eigenvalue weighted by Crippen LogP contribution is -2.15. The summed E-state index contributed by atoms with van der Waals surface area (Å²) >= 11 is 0. The highest BCUT2D eigenvalue weighted by Crippen LogP contribution is 2.31. The highest BCUT2D eigenvalue weighted by molar-refractivity contribution is 5.81. The first-order valence-corrected chi connectivity index (χ1v) is 5.61. The van der Waals surface area contributed by atoms with E-state index in [9.17, 15) is 4.39 Å². The summed E-state index contributed by atoms with van der Waals surface area (Å²) in [6.45, 7) is -0.0815. The number of anilines is 1. The Morgan fingerprint density at radius 2 is 2.33 bits per heavy atom. The van der Waals surface area contributed by atoms with Crippen LogP contribution in [0.4, 0.5) is 10.2 Å². The molecule has 0 radical (unpaired) electrons. The zero-order valence-corrected chi connectivity index (χ0v) is 9.45. The minimum Gasteiger partial charge on any atom is -0.394 e. The minimum absolute atomic E-state index is 0.0815. The normalized spacial score (nSPS) is 23.9. The lowest BCUT2D eigenvalue weighted by molar-refractivity contribution is -0.0255. The van der Waals surface area contributed by atoms with Crippen LogP contribution in [0.2, 0.25) is 0 Å². The second-order valence-electron chi connectivity index (χ2n) is 4.15. The van der Waals surface area contributed by atoms with Crippen molar-refractivity contribution in [3.05, 3.63) is 12.4 Å². The summed E-state index contributed by atoms with van der Waals surface area (Å²) in [5.74, 6) is 0.134. The summed E-state index contributed by atoms with van der Waals surface area (Å²) in [6, 6.07) is 0. The van der Waals surface area contributed by atoms with Crippen LogP contribution in [0.1, 0.15) is 19.1 Å². The van der Waals surface area contributed by atoms with E-state index in [0.717, 1.165) is 0 Å². The smallest absolute Gasteiger partial charge is 0.293 e. The third-order valence-electron chi connectivity index (χ3n) is 3.04. The highest BCUT2D eigenvalue weighted by atomic mass is 19.1. The van der Waals surface area contributed by atoms with Gasteiger partial charge in [0.1, 0.15) is 12.6 Å². The first-order valence-electron chi connectivity index (χ1n) is 5.61. The number of halogens is 1. The van der Waals surface area contributed by atoms with Gasteiger partial charge in [-0.15, -0.1) is 0 Å². The van der Waals surface area contributed by atoms with Crippen molar-refractivity contribution in [2.24, 2.45) is 0 Å². The van der Waals surface area contributed by atoms with Gasteiger partial charge in [-0.25, -0.2) is 9.97 Å². The van der Waals surface area contributed by atoms with Gasteiger partial charge in [-0.1, -0.05) is 0 Å². The van der Waals surface area contributed by atoms with Gasteiger partial charge >= 0.3 is 0 Å². The van der Waals surface area contributed by atoms with Crippen molar-refractivity contribution >= 4 is 17.0 Å². The molecule has 2 aromatic heterocycles. The number of aliphatic hydroxyl groups excluding tert-OH is 1. The quantitative estimate of drug-likeness (QED) is 0.743. The Kier molecular flexibility index (Phi) is 2.60. The van der Waals surface area contributed by atoms with E-state index in [0.29, 0.717) is 18.5 Å². The summed E-state index contributed by atoms with van der Waals surface area (Å²) in [5, 5.41) is 9.02. The van der Waals surface area contributed by atoms with E-state index < -0.39 is 12.3 Å². The molecule has 2 unspecified atom stereocenters. The molecule has 3 heterocycles. The standard InChI is InChI=1S/C10H12FN5O2/c11-10-15-7-8(12)13-4-14-9(7)16(10)6-2-1-5(3-17)18-6/h4-6,17H,1-3H2,(H2,12,13,14). The molecule has 2 aromatic rings. The number of aliphatic hydroxyl groups is 1. The Morgan fingerprint density at radius 1 is 1.50 bits per heavy atom. The summed E-state index contributed by atoms with van der Waals surface area (Å²) < 4.78 is 20.6. The fourth-order valence-corrected chi connectivity index (χ4v) is 2.17. The molecular formula is C10H12FN5O2. The van der Waals surface area contributed by atoms with Crippen molar-refractivity contribution in [1.29, 1.82) is 0 Å². The average Bonchev–Trinajstić information content (AvgIpc) is 2.93. The largest absolute Gasteiger partial charge is 0.394 e. The van der Waals surface area contributed by atoms with Crippen molar-refractivity contribution in [2.45, 2.75) is 25.2 Å². The molecule has 2 atom stereocenters. The van der Waals surface area contributed by atoms with Gasteiger partial charge in [-0.2, -0.15) is 9.37 Å². The molecule has 8 heteroatoms. The summed E-state index contributed by atoms with van der Waals surface area (Å²) in [7, 11) is 0. The number of imidazole rings is 1. The summed E-state index contributed by atoms with van der Waals surface area (Å²) in [5.41, 5.74) is 6.15.